The van der Waals surface area contributed by atoms with Crippen molar-refractivity contribution in [2.24, 2.45) is 4.99 Å². The van der Waals surface area contributed by atoms with Crippen molar-refractivity contribution < 1.29 is 8.42 Å². The molecule has 2 aromatic rings. The summed E-state index contributed by atoms with van der Waals surface area (Å²) in [4.78, 5) is 6.76. The number of nitrogens with one attached hydrogen (secondary N) is 2. The third-order valence-electron chi connectivity index (χ3n) is 4.55. The molecule has 0 bridgehead atoms. The largest absolute Gasteiger partial charge is 0.355 e. The summed E-state index contributed by atoms with van der Waals surface area (Å²) in [7, 11) is -1.67. The van der Waals surface area contributed by atoms with E-state index in [9.17, 15) is 8.42 Å². The number of fused-ring (bicyclic) bond motifs is 1. The van der Waals surface area contributed by atoms with Gasteiger partial charge in [0.2, 0.25) is 10.0 Å². The van der Waals surface area contributed by atoms with E-state index in [-0.39, 0.29) is 5.75 Å². The molecule has 27 heavy (non-hydrogen) atoms. The topological polar surface area (TPSA) is 73.8 Å². The zero-order chi connectivity index (χ0) is 19.3. The van der Waals surface area contributed by atoms with Crippen molar-refractivity contribution in [3.8, 4) is 0 Å². The van der Waals surface area contributed by atoms with Gasteiger partial charge in [-0.3, -0.25) is 9.30 Å². The molecule has 0 aliphatic carbocycles. The number of thiophene rings is 1. The van der Waals surface area contributed by atoms with Crippen LogP contribution in [-0.4, -0.2) is 40.3 Å². The summed E-state index contributed by atoms with van der Waals surface area (Å²) >= 11 is 1.78. The number of hydrogen-bond acceptors (Lipinski definition) is 4. The number of para-hydroxylation sites is 1. The van der Waals surface area contributed by atoms with Crippen LogP contribution in [0.5, 0.6) is 0 Å². The third-order valence-corrected chi connectivity index (χ3v) is 7.55. The molecular weight excluding hydrogens is 380 g/mol. The lowest BCUT2D eigenvalue weighted by atomic mass is 10.2. The Labute approximate surface area is 165 Å². The second-order valence-corrected chi connectivity index (χ2v) is 9.61. The number of sulfonamides is 1. The zero-order valence-electron chi connectivity index (χ0n) is 15.7. The van der Waals surface area contributed by atoms with Crippen molar-refractivity contribution >= 4 is 33.0 Å². The lowest BCUT2D eigenvalue weighted by molar-refractivity contribution is 0.591. The monoisotopic (exact) mass is 406 g/mol. The maximum atomic E-state index is 12.7. The Morgan fingerprint density at radius 2 is 1.96 bits per heavy atom. The van der Waals surface area contributed by atoms with Crippen LogP contribution in [0.4, 0.5) is 5.69 Å². The molecule has 0 saturated carbocycles. The SMILES string of the molecule is CCc1ccc(CNC(=NC)NCCS(=O)(=O)N2CCc3ccccc32)s1. The molecule has 0 radical (unpaired) electrons. The molecular formula is C19H26N4O2S2. The van der Waals surface area contributed by atoms with Crippen LogP contribution in [0.3, 0.4) is 0 Å². The summed E-state index contributed by atoms with van der Waals surface area (Å²) < 4.78 is 26.9. The van der Waals surface area contributed by atoms with E-state index in [1.807, 2.05) is 24.3 Å². The second-order valence-electron chi connectivity index (χ2n) is 6.34. The number of benzene rings is 1. The Morgan fingerprint density at radius 3 is 2.70 bits per heavy atom. The van der Waals surface area contributed by atoms with Gasteiger partial charge in [-0.05, 0) is 36.6 Å². The summed E-state index contributed by atoms with van der Waals surface area (Å²) in [5.41, 5.74) is 1.90. The van der Waals surface area contributed by atoms with Crippen LogP contribution >= 0.6 is 11.3 Å². The van der Waals surface area contributed by atoms with Gasteiger partial charge >= 0.3 is 0 Å². The van der Waals surface area contributed by atoms with Gasteiger partial charge in [0.25, 0.3) is 0 Å². The predicted octanol–water partition coefficient (Wildman–Crippen LogP) is 2.37. The Hall–Kier alpha value is -2.06. The quantitative estimate of drug-likeness (QED) is 0.547. The van der Waals surface area contributed by atoms with Crippen LogP contribution in [0.2, 0.25) is 0 Å². The fourth-order valence-corrected chi connectivity index (χ4v) is 5.43. The number of nitrogens with zero attached hydrogens (tertiary/aromatic N) is 2. The van der Waals surface area contributed by atoms with E-state index in [1.54, 1.807) is 18.4 Å². The van der Waals surface area contributed by atoms with Gasteiger partial charge in [-0.15, -0.1) is 11.3 Å². The molecule has 3 rings (SSSR count). The molecule has 0 atom stereocenters. The standard InChI is InChI=1S/C19H26N4O2S2/c1-3-16-8-9-17(26-16)14-22-19(20-2)21-11-13-27(24,25)23-12-10-15-6-4-5-7-18(15)23/h4-9H,3,10-14H2,1-2H3,(H2,20,21,22). The Balaban J connectivity index is 1.50. The van der Waals surface area contributed by atoms with Crippen molar-refractivity contribution in [3.63, 3.8) is 0 Å². The number of guanidine groups is 1. The minimum atomic E-state index is -3.35. The number of aliphatic imine (C=N–C) groups is 1. The minimum absolute atomic E-state index is 0.0288. The molecule has 1 aromatic heterocycles. The molecule has 0 unspecified atom stereocenters. The maximum Gasteiger partial charge on any atom is 0.236 e. The number of anilines is 1. The molecule has 2 N–H and O–H groups in total. The van der Waals surface area contributed by atoms with Gasteiger partial charge in [-0.25, -0.2) is 8.42 Å². The van der Waals surface area contributed by atoms with E-state index in [2.05, 4.69) is 34.7 Å². The number of aryl methyl sites for hydroxylation is 1. The second kappa shape index (κ2) is 8.75. The predicted molar refractivity (Wildman–Crippen MR) is 113 cm³/mol. The summed E-state index contributed by atoms with van der Waals surface area (Å²) in [6.45, 7) is 3.65. The van der Waals surface area contributed by atoms with E-state index in [1.165, 1.54) is 14.1 Å². The van der Waals surface area contributed by atoms with Crippen molar-refractivity contribution in [2.45, 2.75) is 26.3 Å². The molecule has 1 aliphatic heterocycles. The Kier molecular flexibility index (Phi) is 6.38. The summed E-state index contributed by atoms with van der Waals surface area (Å²) in [5.74, 6) is 0.638. The summed E-state index contributed by atoms with van der Waals surface area (Å²) in [6.07, 6.45) is 1.81. The van der Waals surface area contributed by atoms with E-state index in [4.69, 9.17) is 0 Å². The van der Waals surface area contributed by atoms with Crippen LogP contribution in [0.15, 0.2) is 41.4 Å². The van der Waals surface area contributed by atoms with Gasteiger partial charge in [0.15, 0.2) is 5.96 Å². The van der Waals surface area contributed by atoms with Crippen LogP contribution in [0.25, 0.3) is 0 Å². The lowest BCUT2D eigenvalue weighted by Crippen LogP contribution is -2.41. The van der Waals surface area contributed by atoms with Gasteiger partial charge in [-0.1, -0.05) is 25.1 Å². The van der Waals surface area contributed by atoms with E-state index in [0.29, 0.717) is 25.6 Å². The van der Waals surface area contributed by atoms with E-state index < -0.39 is 10.0 Å². The highest BCUT2D eigenvalue weighted by atomic mass is 32.2. The highest BCUT2D eigenvalue weighted by molar-refractivity contribution is 7.92. The van der Waals surface area contributed by atoms with Crippen molar-refractivity contribution in [1.29, 1.82) is 0 Å². The smallest absolute Gasteiger partial charge is 0.236 e. The molecule has 146 valence electrons. The molecule has 1 aromatic carbocycles. The van der Waals surface area contributed by atoms with E-state index in [0.717, 1.165) is 24.1 Å². The zero-order valence-corrected chi connectivity index (χ0v) is 17.4. The molecule has 6 nitrogen and oxygen atoms in total. The number of rotatable bonds is 7. The normalized spacial score (nSPS) is 14.3. The van der Waals surface area contributed by atoms with Crippen LogP contribution in [0.1, 0.15) is 22.2 Å². The highest BCUT2D eigenvalue weighted by Gasteiger charge is 2.28. The Morgan fingerprint density at radius 1 is 1.19 bits per heavy atom. The van der Waals surface area contributed by atoms with Crippen LogP contribution in [0, 0.1) is 0 Å². The fraction of sp³-hybridized carbons (Fsp3) is 0.421. The minimum Gasteiger partial charge on any atom is -0.355 e. The average Bonchev–Trinajstić information content (AvgIpc) is 3.31. The lowest BCUT2D eigenvalue weighted by Gasteiger charge is -2.20. The van der Waals surface area contributed by atoms with Gasteiger partial charge in [0.05, 0.1) is 18.0 Å². The Bertz CT molecular complexity index is 906. The average molecular weight is 407 g/mol. The fourth-order valence-electron chi connectivity index (χ4n) is 3.10. The van der Waals surface area contributed by atoms with Gasteiger partial charge < -0.3 is 10.6 Å². The van der Waals surface area contributed by atoms with Crippen molar-refractivity contribution in [2.75, 3.05) is 30.2 Å². The first kappa shape index (κ1) is 19.7. The van der Waals surface area contributed by atoms with Crippen molar-refractivity contribution in [3.05, 3.63) is 51.7 Å². The van der Waals surface area contributed by atoms with Crippen LogP contribution in [-0.2, 0) is 29.4 Å². The molecule has 8 heteroatoms. The molecule has 0 spiro atoms. The molecule has 1 aliphatic rings. The maximum absolute atomic E-state index is 12.7. The molecule has 0 amide bonds. The number of hydrogen-bond donors (Lipinski definition) is 2. The van der Waals surface area contributed by atoms with Gasteiger partial charge in [0, 0.05) is 29.9 Å². The molecule has 0 saturated heterocycles. The van der Waals surface area contributed by atoms with E-state index >= 15 is 0 Å². The van der Waals surface area contributed by atoms with Crippen LogP contribution < -0.4 is 14.9 Å². The summed E-state index contributed by atoms with van der Waals surface area (Å²) in [5, 5.41) is 6.34. The summed E-state index contributed by atoms with van der Waals surface area (Å²) in [6, 6.07) is 11.9. The van der Waals surface area contributed by atoms with Gasteiger partial charge in [-0.2, -0.15) is 0 Å². The van der Waals surface area contributed by atoms with Gasteiger partial charge in [0.1, 0.15) is 0 Å². The third kappa shape index (κ3) is 4.81. The highest BCUT2D eigenvalue weighted by Crippen LogP contribution is 2.29. The molecule has 0 fully saturated rings. The first-order valence-electron chi connectivity index (χ1n) is 9.14. The van der Waals surface area contributed by atoms with Crippen molar-refractivity contribution in [1.82, 2.24) is 10.6 Å². The first-order chi connectivity index (χ1) is 13.0. The first-order valence-corrected chi connectivity index (χ1v) is 11.6. The molecule has 2 heterocycles.